The lowest BCUT2D eigenvalue weighted by molar-refractivity contribution is -0.123. The number of hydrogen-bond acceptors (Lipinski definition) is 4. The lowest BCUT2D eigenvalue weighted by Crippen LogP contribution is -2.49. The van der Waals surface area contributed by atoms with Gasteiger partial charge in [-0.05, 0) is 49.1 Å². The topological polar surface area (TPSA) is 87.4 Å². The summed E-state index contributed by atoms with van der Waals surface area (Å²) in [5, 5.41) is 16.3. The zero-order valence-corrected chi connectivity index (χ0v) is 17.9. The fourth-order valence-corrected chi connectivity index (χ4v) is 4.02. The van der Waals surface area contributed by atoms with E-state index in [4.69, 9.17) is 34.0 Å². The minimum absolute atomic E-state index is 0.103. The van der Waals surface area contributed by atoms with Crippen molar-refractivity contribution in [2.75, 3.05) is 19.7 Å². The van der Waals surface area contributed by atoms with Crippen LogP contribution in [0.25, 0.3) is 0 Å². The smallest absolute Gasteiger partial charge is 0.237 e. The Morgan fingerprint density at radius 2 is 2.24 bits per heavy atom. The van der Waals surface area contributed by atoms with E-state index in [0.717, 1.165) is 12.0 Å². The molecule has 158 valence electrons. The number of rotatable bonds is 10. The number of nitrogens with one attached hydrogen (secondary N) is 2. The minimum Gasteiger partial charge on any atom is -0.396 e. The molecule has 7 heteroatoms. The Morgan fingerprint density at radius 1 is 1.45 bits per heavy atom. The van der Waals surface area contributed by atoms with Crippen LogP contribution < -0.4 is 16.4 Å². The first-order valence-electron chi connectivity index (χ1n) is 9.72. The second-order valence-corrected chi connectivity index (χ2v) is 8.11. The molecule has 0 aromatic heterocycles. The van der Waals surface area contributed by atoms with Crippen molar-refractivity contribution < 1.29 is 9.90 Å². The van der Waals surface area contributed by atoms with Gasteiger partial charge in [0.1, 0.15) is 0 Å². The lowest BCUT2D eigenvalue weighted by atomic mass is 9.76. The summed E-state index contributed by atoms with van der Waals surface area (Å²) >= 11 is 12.3. The minimum atomic E-state index is -0.681. The molecular formula is C22H29Cl2N3O2. The molecule has 1 fully saturated rings. The summed E-state index contributed by atoms with van der Waals surface area (Å²) in [6, 6.07) is 7.01. The van der Waals surface area contributed by atoms with Crippen LogP contribution in [0.1, 0.15) is 30.7 Å². The highest BCUT2D eigenvalue weighted by Crippen LogP contribution is 2.38. The Kier molecular flexibility index (Phi) is 9.40. The lowest BCUT2D eigenvalue weighted by Gasteiger charge is -2.32. The Balaban J connectivity index is 2.23. The number of amides is 1. The molecule has 0 spiro atoms. The number of nitrogens with two attached hydrogens (primary N) is 1. The van der Waals surface area contributed by atoms with Crippen LogP contribution in [0, 0.1) is 0 Å². The summed E-state index contributed by atoms with van der Waals surface area (Å²) in [4.78, 5) is 12.8. The predicted molar refractivity (Wildman–Crippen MR) is 120 cm³/mol. The molecule has 1 amide bonds. The van der Waals surface area contributed by atoms with E-state index in [0.29, 0.717) is 36.0 Å². The third kappa shape index (κ3) is 6.69. The Morgan fingerprint density at radius 3 is 2.93 bits per heavy atom. The number of hydrogen-bond donors (Lipinski definition) is 4. The van der Waals surface area contributed by atoms with E-state index in [1.807, 2.05) is 24.3 Å². The van der Waals surface area contributed by atoms with Gasteiger partial charge >= 0.3 is 0 Å². The molecule has 5 N–H and O–H groups in total. The maximum Gasteiger partial charge on any atom is 0.237 e. The van der Waals surface area contributed by atoms with Gasteiger partial charge in [0.25, 0.3) is 0 Å². The van der Waals surface area contributed by atoms with Gasteiger partial charge < -0.3 is 21.5 Å². The van der Waals surface area contributed by atoms with Gasteiger partial charge in [0.2, 0.25) is 5.91 Å². The molecule has 0 bridgehead atoms. The third-order valence-corrected chi connectivity index (χ3v) is 5.52. The summed E-state index contributed by atoms with van der Waals surface area (Å²) in [5.74, 6) is -0.361. The van der Waals surface area contributed by atoms with Crippen molar-refractivity contribution in [3.05, 3.63) is 70.8 Å². The molecule has 1 aliphatic heterocycles. The molecule has 3 atom stereocenters. The molecule has 1 saturated heterocycles. The second-order valence-electron chi connectivity index (χ2n) is 7.24. The van der Waals surface area contributed by atoms with Gasteiger partial charge in [-0.1, -0.05) is 54.1 Å². The predicted octanol–water partition coefficient (Wildman–Crippen LogP) is 3.24. The van der Waals surface area contributed by atoms with E-state index in [1.165, 1.54) is 0 Å². The SMILES string of the molecule is C=C/C=C(Cl)\C=C/C[C@@]1(N)CNC(C(=O)NCCCCO)[C@@H]1c1cccc(Cl)c1. The number of aliphatic hydroxyl groups is 1. The van der Waals surface area contributed by atoms with E-state index in [-0.39, 0.29) is 18.4 Å². The average molecular weight is 438 g/mol. The quantitative estimate of drug-likeness (QED) is 0.334. The largest absolute Gasteiger partial charge is 0.396 e. The zero-order chi connectivity index (χ0) is 21.3. The van der Waals surface area contributed by atoms with Crippen molar-refractivity contribution >= 4 is 29.1 Å². The van der Waals surface area contributed by atoms with Gasteiger partial charge in [-0.2, -0.15) is 0 Å². The molecule has 1 unspecified atom stereocenters. The Labute approximate surface area is 182 Å². The summed E-state index contributed by atoms with van der Waals surface area (Å²) in [6.07, 6.45) is 8.94. The fraction of sp³-hybridized carbons (Fsp3) is 0.409. The summed E-state index contributed by atoms with van der Waals surface area (Å²) in [5.41, 5.74) is 7.03. The van der Waals surface area contributed by atoms with E-state index in [9.17, 15) is 4.79 Å². The van der Waals surface area contributed by atoms with Crippen LogP contribution in [-0.2, 0) is 4.79 Å². The van der Waals surface area contributed by atoms with Crippen LogP contribution in [0.15, 0.2) is 60.2 Å². The van der Waals surface area contributed by atoms with Crippen molar-refractivity contribution in [2.45, 2.75) is 36.8 Å². The van der Waals surface area contributed by atoms with E-state index in [1.54, 1.807) is 24.3 Å². The number of aliphatic hydroxyl groups excluding tert-OH is 1. The molecule has 1 aromatic carbocycles. The molecule has 1 heterocycles. The first-order valence-corrected chi connectivity index (χ1v) is 10.5. The molecule has 2 rings (SSSR count). The molecule has 0 radical (unpaired) electrons. The maximum atomic E-state index is 12.8. The normalized spacial score (nSPS) is 24.8. The molecule has 5 nitrogen and oxygen atoms in total. The second kappa shape index (κ2) is 11.5. The van der Waals surface area contributed by atoms with Gasteiger partial charge in [-0.15, -0.1) is 0 Å². The summed E-state index contributed by atoms with van der Waals surface area (Å²) < 4.78 is 0. The van der Waals surface area contributed by atoms with Gasteiger partial charge in [-0.25, -0.2) is 0 Å². The highest BCUT2D eigenvalue weighted by molar-refractivity contribution is 6.31. The molecule has 1 aromatic rings. The van der Waals surface area contributed by atoms with Crippen molar-refractivity contribution in [1.82, 2.24) is 10.6 Å². The van der Waals surface area contributed by atoms with Crippen LogP contribution in [0.2, 0.25) is 5.02 Å². The van der Waals surface area contributed by atoms with E-state index in [2.05, 4.69) is 17.2 Å². The number of benzene rings is 1. The van der Waals surface area contributed by atoms with Crippen molar-refractivity contribution in [1.29, 1.82) is 0 Å². The van der Waals surface area contributed by atoms with Crippen molar-refractivity contribution in [3.63, 3.8) is 0 Å². The highest BCUT2D eigenvalue weighted by atomic mass is 35.5. The molecule has 29 heavy (non-hydrogen) atoms. The van der Waals surface area contributed by atoms with Gasteiger partial charge in [0, 0.05) is 41.2 Å². The molecule has 0 aliphatic carbocycles. The molecule has 1 aliphatic rings. The highest BCUT2D eigenvalue weighted by Gasteiger charge is 2.48. The van der Waals surface area contributed by atoms with Gasteiger partial charge in [0.15, 0.2) is 0 Å². The summed E-state index contributed by atoms with van der Waals surface area (Å²) in [6.45, 7) is 4.73. The van der Waals surface area contributed by atoms with Gasteiger partial charge in [0.05, 0.1) is 6.04 Å². The van der Waals surface area contributed by atoms with Crippen LogP contribution >= 0.6 is 23.2 Å². The first-order chi connectivity index (χ1) is 13.9. The monoisotopic (exact) mass is 437 g/mol. The Hall–Kier alpha value is -1.63. The van der Waals surface area contributed by atoms with E-state index < -0.39 is 11.6 Å². The van der Waals surface area contributed by atoms with Crippen molar-refractivity contribution in [3.8, 4) is 0 Å². The number of carbonyl (C=O) groups is 1. The third-order valence-electron chi connectivity index (χ3n) is 5.03. The van der Waals surface area contributed by atoms with E-state index >= 15 is 0 Å². The number of unbranched alkanes of at least 4 members (excludes halogenated alkanes) is 1. The van der Waals surface area contributed by atoms with Crippen molar-refractivity contribution in [2.24, 2.45) is 5.73 Å². The maximum absolute atomic E-state index is 12.8. The fourth-order valence-electron chi connectivity index (χ4n) is 3.64. The van der Waals surface area contributed by atoms with Crippen LogP contribution in [0.5, 0.6) is 0 Å². The van der Waals surface area contributed by atoms with Gasteiger partial charge in [-0.3, -0.25) is 4.79 Å². The van der Waals surface area contributed by atoms with Crippen LogP contribution in [0.4, 0.5) is 0 Å². The molecule has 0 saturated carbocycles. The standard InChI is InChI=1S/C22H29Cl2N3O2/c1-2-7-17(23)10-6-11-22(25)15-27-20(21(29)26-12-3-4-13-28)19(22)16-8-5-9-18(24)14-16/h2,5-10,14,19-20,27-28H,1,3-4,11-13,15,25H2,(H,26,29)/b10-6-,17-7+/t19-,20?,22+/m0/s1. The molecular weight excluding hydrogens is 409 g/mol. The number of carbonyl (C=O) groups excluding carboxylic acids is 1. The summed E-state index contributed by atoms with van der Waals surface area (Å²) in [7, 11) is 0. The Bertz CT molecular complexity index is 766. The zero-order valence-electron chi connectivity index (χ0n) is 16.4. The number of halogens is 2. The first kappa shape index (κ1) is 23.6. The van der Waals surface area contributed by atoms with Crippen LogP contribution in [-0.4, -0.2) is 42.3 Å². The average Bonchev–Trinajstić information content (AvgIpc) is 3.03. The number of allylic oxidation sites excluding steroid dienone is 4. The van der Waals surface area contributed by atoms with Crippen LogP contribution in [0.3, 0.4) is 0 Å².